The smallest absolute Gasteiger partial charge is 0.278 e. The molecule has 1 N–H and O–H groups in total. The predicted octanol–water partition coefficient (Wildman–Crippen LogP) is 4.33. The average molecular weight is 409 g/mol. The van der Waals surface area contributed by atoms with Crippen molar-refractivity contribution in [2.75, 3.05) is 12.4 Å². The third kappa shape index (κ3) is 3.75. The predicted molar refractivity (Wildman–Crippen MR) is 109 cm³/mol. The van der Waals surface area contributed by atoms with E-state index < -0.39 is 11.8 Å². The number of methoxy groups -OCH3 is 1. The van der Waals surface area contributed by atoms with Crippen molar-refractivity contribution in [3.05, 3.63) is 89.0 Å². The zero-order valence-electron chi connectivity index (χ0n) is 15.5. The molecule has 146 valence electrons. The number of imide groups is 1. The summed E-state index contributed by atoms with van der Waals surface area (Å²) in [5.41, 5.74) is 1.70. The van der Waals surface area contributed by atoms with Crippen LogP contribution in [0.5, 0.6) is 5.75 Å². The van der Waals surface area contributed by atoms with E-state index in [4.69, 9.17) is 20.8 Å². The van der Waals surface area contributed by atoms with Crippen LogP contribution in [0.15, 0.2) is 77.0 Å². The Bertz CT molecular complexity index is 1090. The molecule has 0 aliphatic carbocycles. The van der Waals surface area contributed by atoms with Crippen LogP contribution < -0.4 is 10.1 Å². The van der Waals surface area contributed by atoms with Gasteiger partial charge in [0.25, 0.3) is 11.8 Å². The molecule has 3 aromatic rings. The quantitative estimate of drug-likeness (QED) is 0.614. The Kier molecular flexibility index (Phi) is 5.10. The normalized spacial score (nSPS) is 13.9. The number of carbonyl (C=O) groups is 2. The topological polar surface area (TPSA) is 71.8 Å². The second-order valence-corrected chi connectivity index (χ2v) is 6.83. The van der Waals surface area contributed by atoms with E-state index in [2.05, 4.69) is 5.32 Å². The Morgan fingerprint density at radius 2 is 1.83 bits per heavy atom. The van der Waals surface area contributed by atoms with Crippen molar-refractivity contribution < 1.29 is 18.7 Å². The zero-order chi connectivity index (χ0) is 20.4. The third-order valence-corrected chi connectivity index (χ3v) is 4.79. The van der Waals surface area contributed by atoms with E-state index >= 15 is 0 Å². The van der Waals surface area contributed by atoms with Gasteiger partial charge in [-0.25, -0.2) is 0 Å². The van der Waals surface area contributed by atoms with Crippen LogP contribution in [0.3, 0.4) is 0 Å². The Hall–Kier alpha value is -3.51. The first kappa shape index (κ1) is 18.8. The van der Waals surface area contributed by atoms with Gasteiger partial charge >= 0.3 is 0 Å². The second-order valence-electron chi connectivity index (χ2n) is 6.39. The molecule has 0 radical (unpaired) electrons. The molecule has 0 fully saturated rings. The van der Waals surface area contributed by atoms with Crippen molar-refractivity contribution >= 4 is 34.7 Å². The van der Waals surface area contributed by atoms with E-state index in [-0.39, 0.29) is 17.8 Å². The minimum Gasteiger partial charge on any atom is -0.497 e. The highest BCUT2D eigenvalue weighted by atomic mass is 35.5. The van der Waals surface area contributed by atoms with Crippen molar-refractivity contribution in [1.29, 1.82) is 0 Å². The molecule has 1 aliphatic heterocycles. The molecule has 0 atom stereocenters. The molecule has 1 aliphatic rings. The number of hydrogen-bond acceptors (Lipinski definition) is 5. The van der Waals surface area contributed by atoms with Gasteiger partial charge in [-0.3, -0.25) is 14.5 Å². The maximum Gasteiger partial charge on any atom is 0.278 e. The molecular formula is C22H17ClN2O4. The van der Waals surface area contributed by atoms with Gasteiger partial charge in [-0.05, 0) is 42.0 Å². The standard InChI is InChI=1S/C22H17ClN2O4/c1-28-17-5-2-4-16(12-17)24-20-19(14-7-9-15(23)10-8-14)21(26)25(22(20)27)13-18-6-3-11-29-18/h2-12,24H,13H2,1H3. The SMILES string of the molecule is COc1cccc(NC2=C(c3ccc(Cl)cc3)C(=O)N(Cc3ccco3)C2=O)c1. The minimum absolute atomic E-state index is 0.0467. The summed E-state index contributed by atoms with van der Waals surface area (Å²) in [5.74, 6) is 0.316. The monoisotopic (exact) mass is 408 g/mol. The lowest BCUT2D eigenvalue weighted by molar-refractivity contribution is -0.137. The van der Waals surface area contributed by atoms with Gasteiger partial charge in [0.05, 0.1) is 25.5 Å². The molecule has 2 aromatic carbocycles. The van der Waals surface area contributed by atoms with Gasteiger partial charge in [-0.1, -0.05) is 29.8 Å². The summed E-state index contributed by atoms with van der Waals surface area (Å²) in [7, 11) is 1.56. The number of halogens is 1. The maximum absolute atomic E-state index is 13.2. The van der Waals surface area contributed by atoms with Gasteiger partial charge in [0, 0.05) is 16.8 Å². The fraction of sp³-hybridized carbons (Fsp3) is 0.0909. The molecular weight excluding hydrogens is 392 g/mol. The van der Waals surface area contributed by atoms with E-state index in [0.717, 1.165) is 4.90 Å². The van der Waals surface area contributed by atoms with Crippen LogP contribution in [0.1, 0.15) is 11.3 Å². The number of anilines is 1. The van der Waals surface area contributed by atoms with Crippen LogP contribution in [0, 0.1) is 0 Å². The van der Waals surface area contributed by atoms with Crippen molar-refractivity contribution in [2.45, 2.75) is 6.54 Å². The van der Waals surface area contributed by atoms with Crippen LogP contribution in [-0.2, 0) is 16.1 Å². The fourth-order valence-electron chi connectivity index (χ4n) is 3.12. The summed E-state index contributed by atoms with van der Waals surface area (Å²) < 4.78 is 10.6. The second kappa shape index (κ2) is 7.85. The molecule has 29 heavy (non-hydrogen) atoms. The number of benzene rings is 2. The van der Waals surface area contributed by atoms with Gasteiger partial charge < -0.3 is 14.5 Å². The van der Waals surface area contributed by atoms with Crippen molar-refractivity contribution in [3.8, 4) is 5.75 Å². The number of ether oxygens (including phenoxy) is 1. The van der Waals surface area contributed by atoms with Crippen LogP contribution >= 0.6 is 11.6 Å². The lowest BCUT2D eigenvalue weighted by Crippen LogP contribution is -2.31. The first-order valence-corrected chi connectivity index (χ1v) is 9.24. The van der Waals surface area contributed by atoms with Crippen molar-refractivity contribution in [2.24, 2.45) is 0 Å². The van der Waals surface area contributed by atoms with Crippen LogP contribution in [0.4, 0.5) is 5.69 Å². The van der Waals surface area contributed by atoms with Gasteiger partial charge in [0.1, 0.15) is 17.2 Å². The summed E-state index contributed by atoms with van der Waals surface area (Å²) in [6.07, 6.45) is 1.50. The van der Waals surface area contributed by atoms with Gasteiger partial charge in [0.2, 0.25) is 0 Å². The number of carbonyl (C=O) groups excluding carboxylic acids is 2. The lowest BCUT2D eigenvalue weighted by atomic mass is 10.0. The van der Waals surface area contributed by atoms with E-state index in [1.54, 1.807) is 67.8 Å². The van der Waals surface area contributed by atoms with Gasteiger partial charge in [-0.15, -0.1) is 0 Å². The molecule has 2 amide bonds. The number of nitrogens with zero attached hydrogens (tertiary/aromatic N) is 1. The van der Waals surface area contributed by atoms with Crippen molar-refractivity contribution in [3.63, 3.8) is 0 Å². The first-order valence-electron chi connectivity index (χ1n) is 8.86. The van der Waals surface area contributed by atoms with Crippen molar-refractivity contribution in [1.82, 2.24) is 4.90 Å². The summed E-state index contributed by atoms with van der Waals surface area (Å²) >= 11 is 5.99. The molecule has 0 saturated heterocycles. The van der Waals surface area contributed by atoms with Gasteiger partial charge in [-0.2, -0.15) is 0 Å². The summed E-state index contributed by atoms with van der Waals surface area (Å²) in [6.45, 7) is 0.0467. The Morgan fingerprint density at radius 1 is 1.03 bits per heavy atom. The zero-order valence-corrected chi connectivity index (χ0v) is 16.3. The summed E-state index contributed by atoms with van der Waals surface area (Å²) in [6, 6.07) is 17.4. The maximum atomic E-state index is 13.2. The average Bonchev–Trinajstić information content (AvgIpc) is 3.32. The highest BCUT2D eigenvalue weighted by Crippen LogP contribution is 2.32. The molecule has 0 unspecified atom stereocenters. The molecule has 1 aromatic heterocycles. The van der Waals surface area contributed by atoms with Gasteiger partial charge in [0.15, 0.2) is 0 Å². The summed E-state index contributed by atoms with van der Waals surface area (Å²) in [4.78, 5) is 27.5. The highest BCUT2D eigenvalue weighted by molar-refractivity contribution is 6.36. The minimum atomic E-state index is -0.431. The molecule has 4 rings (SSSR count). The molecule has 2 heterocycles. The van der Waals surface area contributed by atoms with Crippen LogP contribution in [0.2, 0.25) is 5.02 Å². The Labute approximate surface area is 172 Å². The fourth-order valence-corrected chi connectivity index (χ4v) is 3.25. The highest BCUT2D eigenvalue weighted by Gasteiger charge is 2.39. The number of nitrogens with one attached hydrogen (secondary N) is 1. The third-order valence-electron chi connectivity index (χ3n) is 4.53. The molecule has 0 spiro atoms. The molecule has 0 bridgehead atoms. The van der Waals surface area contributed by atoms with E-state index in [0.29, 0.717) is 27.8 Å². The molecule has 0 saturated carbocycles. The van der Waals surface area contributed by atoms with Crippen LogP contribution in [0.25, 0.3) is 5.57 Å². The lowest BCUT2D eigenvalue weighted by Gasteiger charge is -2.13. The van der Waals surface area contributed by atoms with E-state index in [1.165, 1.54) is 6.26 Å². The first-order chi connectivity index (χ1) is 14.1. The van der Waals surface area contributed by atoms with E-state index in [9.17, 15) is 9.59 Å². The molecule has 6 nitrogen and oxygen atoms in total. The Morgan fingerprint density at radius 3 is 2.52 bits per heavy atom. The Balaban J connectivity index is 1.75. The summed E-state index contributed by atoms with van der Waals surface area (Å²) in [5, 5.41) is 3.64. The van der Waals surface area contributed by atoms with Crippen LogP contribution in [-0.4, -0.2) is 23.8 Å². The number of hydrogen-bond donors (Lipinski definition) is 1. The number of amides is 2. The largest absolute Gasteiger partial charge is 0.497 e. The number of furan rings is 1. The molecule has 7 heteroatoms. The number of rotatable bonds is 6. The van der Waals surface area contributed by atoms with E-state index in [1.807, 2.05) is 0 Å².